The number of H-pyrrole nitrogens is 1. The van der Waals surface area contributed by atoms with Crippen LogP contribution in [0.5, 0.6) is 0 Å². The SMILES string of the molecule is CC(=O)Nc1ccc(Nc2nc(=O)[nH]nc2C)cc1. The summed E-state index contributed by atoms with van der Waals surface area (Å²) < 4.78 is 0. The van der Waals surface area contributed by atoms with Gasteiger partial charge >= 0.3 is 5.69 Å². The zero-order chi connectivity index (χ0) is 13.8. The summed E-state index contributed by atoms with van der Waals surface area (Å²) in [6, 6.07) is 7.04. The first-order valence-electron chi connectivity index (χ1n) is 5.62. The van der Waals surface area contributed by atoms with E-state index in [4.69, 9.17) is 0 Å². The number of carbonyl (C=O) groups excluding carboxylic acids is 1. The fraction of sp³-hybridized carbons (Fsp3) is 0.167. The smallest absolute Gasteiger partial charge is 0.338 e. The Balaban J connectivity index is 2.17. The third-order valence-electron chi connectivity index (χ3n) is 2.34. The molecule has 1 amide bonds. The summed E-state index contributed by atoms with van der Waals surface area (Å²) in [4.78, 5) is 25.8. The molecule has 3 N–H and O–H groups in total. The summed E-state index contributed by atoms with van der Waals surface area (Å²) in [5.74, 6) is 0.271. The van der Waals surface area contributed by atoms with E-state index in [1.165, 1.54) is 6.92 Å². The van der Waals surface area contributed by atoms with Crippen LogP contribution in [-0.2, 0) is 4.79 Å². The van der Waals surface area contributed by atoms with Crippen LogP contribution in [0.2, 0.25) is 0 Å². The van der Waals surface area contributed by atoms with E-state index in [2.05, 4.69) is 25.8 Å². The van der Waals surface area contributed by atoms with Crippen molar-refractivity contribution < 1.29 is 4.79 Å². The standard InChI is InChI=1S/C12H13N5O2/c1-7-11(15-12(19)17-16-7)14-10-5-3-9(4-6-10)13-8(2)18/h3-6H,1-2H3,(H,13,18)(H2,14,15,17,19). The molecule has 0 atom stereocenters. The van der Waals surface area contributed by atoms with E-state index in [-0.39, 0.29) is 5.91 Å². The van der Waals surface area contributed by atoms with E-state index < -0.39 is 5.69 Å². The third-order valence-corrected chi connectivity index (χ3v) is 2.34. The number of hydrogen-bond acceptors (Lipinski definition) is 5. The van der Waals surface area contributed by atoms with Gasteiger partial charge in [0.25, 0.3) is 0 Å². The number of rotatable bonds is 3. The molecule has 0 fully saturated rings. The maximum atomic E-state index is 11.1. The second-order valence-corrected chi connectivity index (χ2v) is 3.96. The Morgan fingerprint density at radius 3 is 2.47 bits per heavy atom. The number of anilines is 3. The Hall–Kier alpha value is -2.70. The van der Waals surface area contributed by atoms with E-state index in [1.807, 2.05) is 0 Å². The molecule has 0 aliphatic rings. The lowest BCUT2D eigenvalue weighted by Gasteiger charge is -2.08. The first kappa shape index (κ1) is 12.7. The Morgan fingerprint density at radius 1 is 1.21 bits per heavy atom. The summed E-state index contributed by atoms with van der Waals surface area (Å²) in [5, 5.41) is 11.7. The maximum absolute atomic E-state index is 11.1. The molecular weight excluding hydrogens is 246 g/mol. The minimum Gasteiger partial charge on any atom is -0.338 e. The van der Waals surface area contributed by atoms with Crippen LogP contribution in [0.3, 0.4) is 0 Å². The Morgan fingerprint density at radius 2 is 1.84 bits per heavy atom. The fourth-order valence-corrected chi connectivity index (χ4v) is 1.49. The molecule has 1 aromatic carbocycles. The molecule has 98 valence electrons. The van der Waals surface area contributed by atoms with Crippen molar-refractivity contribution in [3.63, 3.8) is 0 Å². The molecule has 2 aromatic rings. The molecule has 0 spiro atoms. The number of aromatic amines is 1. The monoisotopic (exact) mass is 259 g/mol. The van der Waals surface area contributed by atoms with Crippen LogP contribution < -0.4 is 16.3 Å². The Labute approximate surface area is 109 Å². The van der Waals surface area contributed by atoms with Crippen molar-refractivity contribution in [2.45, 2.75) is 13.8 Å². The van der Waals surface area contributed by atoms with Crippen LogP contribution in [0.15, 0.2) is 29.1 Å². The molecule has 1 heterocycles. The van der Waals surface area contributed by atoms with Crippen molar-refractivity contribution in [2.75, 3.05) is 10.6 Å². The summed E-state index contributed by atoms with van der Waals surface area (Å²) in [6.45, 7) is 3.18. The summed E-state index contributed by atoms with van der Waals surface area (Å²) in [7, 11) is 0. The average molecular weight is 259 g/mol. The average Bonchev–Trinajstić information content (AvgIpc) is 2.35. The van der Waals surface area contributed by atoms with Crippen molar-refractivity contribution in [1.82, 2.24) is 15.2 Å². The van der Waals surface area contributed by atoms with Gasteiger partial charge in [0.05, 0.1) is 0 Å². The Bertz CT molecular complexity index is 648. The van der Waals surface area contributed by atoms with Gasteiger partial charge in [-0.15, -0.1) is 0 Å². The van der Waals surface area contributed by atoms with Crippen LogP contribution in [0.1, 0.15) is 12.6 Å². The lowest BCUT2D eigenvalue weighted by atomic mass is 10.2. The number of nitrogens with zero attached hydrogens (tertiary/aromatic N) is 2. The number of hydrogen-bond donors (Lipinski definition) is 3. The van der Waals surface area contributed by atoms with Gasteiger partial charge < -0.3 is 10.6 Å². The number of nitrogens with one attached hydrogen (secondary N) is 3. The van der Waals surface area contributed by atoms with Gasteiger partial charge in [-0.25, -0.2) is 9.89 Å². The van der Waals surface area contributed by atoms with Gasteiger partial charge in [0, 0.05) is 18.3 Å². The second kappa shape index (κ2) is 5.30. The van der Waals surface area contributed by atoms with E-state index >= 15 is 0 Å². The molecule has 0 radical (unpaired) electrons. The minimum absolute atomic E-state index is 0.128. The van der Waals surface area contributed by atoms with E-state index in [0.29, 0.717) is 17.2 Å². The first-order chi connectivity index (χ1) is 9.04. The van der Waals surface area contributed by atoms with Crippen molar-refractivity contribution in [3.05, 3.63) is 40.4 Å². The van der Waals surface area contributed by atoms with Crippen LogP contribution in [0.4, 0.5) is 17.2 Å². The quantitative estimate of drug-likeness (QED) is 0.768. The predicted octanol–water partition coefficient (Wildman–Crippen LogP) is 1.18. The number of benzene rings is 1. The highest BCUT2D eigenvalue weighted by Crippen LogP contribution is 2.17. The molecule has 19 heavy (non-hydrogen) atoms. The van der Waals surface area contributed by atoms with Crippen LogP contribution >= 0.6 is 0 Å². The zero-order valence-electron chi connectivity index (χ0n) is 10.5. The molecule has 0 aliphatic heterocycles. The van der Waals surface area contributed by atoms with Crippen LogP contribution in [-0.4, -0.2) is 21.1 Å². The zero-order valence-corrected chi connectivity index (χ0v) is 10.5. The number of aryl methyl sites for hydroxylation is 1. The summed E-state index contributed by atoms with van der Waals surface area (Å²) >= 11 is 0. The molecular formula is C12H13N5O2. The third kappa shape index (κ3) is 3.38. The molecule has 0 aliphatic carbocycles. The molecule has 2 rings (SSSR count). The lowest BCUT2D eigenvalue weighted by Crippen LogP contribution is -2.15. The Kier molecular flexibility index (Phi) is 3.56. The summed E-state index contributed by atoms with van der Waals surface area (Å²) in [5.41, 5.74) is 1.53. The highest BCUT2D eigenvalue weighted by atomic mass is 16.1. The van der Waals surface area contributed by atoms with Crippen molar-refractivity contribution in [2.24, 2.45) is 0 Å². The molecule has 0 unspecified atom stereocenters. The van der Waals surface area contributed by atoms with Gasteiger partial charge in [0.1, 0.15) is 5.69 Å². The van der Waals surface area contributed by atoms with Crippen molar-refractivity contribution in [1.29, 1.82) is 0 Å². The van der Waals surface area contributed by atoms with Gasteiger partial charge in [-0.2, -0.15) is 10.1 Å². The summed E-state index contributed by atoms with van der Waals surface area (Å²) in [6.07, 6.45) is 0. The molecule has 0 saturated heterocycles. The van der Waals surface area contributed by atoms with Gasteiger partial charge in [-0.1, -0.05) is 0 Å². The van der Waals surface area contributed by atoms with E-state index in [0.717, 1.165) is 5.69 Å². The van der Waals surface area contributed by atoms with E-state index in [1.54, 1.807) is 31.2 Å². The molecule has 7 heteroatoms. The molecule has 0 bridgehead atoms. The highest BCUT2D eigenvalue weighted by molar-refractivity contribution is 5.88. The van der Waals surface area contributed by atoms with Crippen molar-refractivity contribution >= 4 is 23.1 Å². The minimum atomic E-state index is -0.511. The largest absolute Gasteiger partial charge is 0.363 e. The second-order valence-electron chi connectivity index (χ2n) is 3.96. The van der Waals surface area contributed by atoms with Gasteiger partial charge in [-0.3, -0.25) is 4.79 Å². The predicted molar refractivity (Wildman–Crippen MR) is 71.4 cm³/mol. The number of amides is 1. The molecule has 7 nitrogen and oxygen atoms in total. The molecule has 0 saturated carbocycles. The topological polar surface area (TPSA) is 99.8 Å². The van der Waals surface area contributed by atoms with Gasteiger partial charge in [-0.05, 0) is 31.2 Å². The number of aromatic nitrogens is 3. The molecule has 1 aromatic heterocycles. The van der Waals surface area contributed by atoms with E-state index in [9.17, 15) is 9.59 Å². The first-order valence-corrected chi connectivity index (χ1v) is 5.62. The fourth-order valence-electron chi connectivity index (χ4n) is 1.49. The maximum Gasteiger partial charge on any atom is 0.363 e. The lowest BCUT2D eigenvalue weighted by molar-refractivity contribution is -0.114. The van der Waals surface area contributed by atoms with Crippen LogP contribution in [0.25, 0.3) is 0 Å². The van der Waals surface area contributed by atoms with Crippen molar-refractivity contribution in [3.8, 4) is 0 Å². The normalized spacial score (nSPS) is 10.0. The van der Waals surface area contributed by atoms with Gasteiger partial charge in [0.2, 0.25) is 5.91 Å². The number of carbonyl (C=O) groups is 1. The van der Waals surface area contributed by atoms with Crippen LogP contribution in [0, 0.1) is 6.92 Å². The van der Waals surface area contributed by atoms with Gasteiger partial charge in [0.15, 0.2) is 5.82 Å². The highest BCUT2D eigenvalue weighted by Gasteiger charge is 2.03.